The van der Waals surface area contributed by atoms with Crippen LogP contribution in [0.3, 0.4) is 0 Å². The second-order valence-corrected chi connectivity index (χ2v) is 5.70. The van der Waals surface area contributed by atoms with Gasteiger partial charge in [0.25, 0.3) is 0 Å². The van der Waals surface area contributed by atoms with Crippen molar-refractivity contribution in [1.82, 2.24) is 4.90 Å². The summed E-state index contributed by atoms with van der Waals surface area (Å²) in [7, 11) is 0. The number of Topliss-reactive ketones (excluding diaryl/α,β-unsaturated/α-hetero) is 1. The molecule has 3 heteroatoms. The summed E-state index contributed by atoms with van der Waals surface area (Å²) in [5.74, 6) is 0.200. The second kappa shape index (κ2) is 5.85. The molecule has 1 aliphatic heterocycles. The van der Waals surface area contributed by atoms with Gasteiger partial charge in [-0.25, -0.2) is 0 Å². The molecule has 2 rings (SSSR count). The molecule has 1 aromatic carbocycles. The number of carbonyl (C=O) groups is 1. The SMILES string of the molecule is Cc1cc(C)c(C(=O)CN2CCC(O)CC2)c(C)c1. The van der Waals surface area contributed by atoms with Crippen LogP contribution in [0, 0.1) is 20.8 Å². The molecular formula is C16H23NO2. The fourth-order valence-electron chi connectivity index (χ4n) is 2.98. The van der Waals surface area contributed by atoms with E-state index < -0.39 is 0 Å². The first-order valence-electron chi connectivity index (χ1n) is 6.99. The normalized spacial score (nSPS) is 17.7. The summed E-state index contributed by atoms with van der Waals surface area (Å²) in [6.45, 7) is 8.17. The van der Waals surface area contributed by atoms with Crippen molar-refractivity contribution in [3.8, 4) is 0 Å². The lowest BCUT2D eigenvalue weighted by Gasteiger charge is -2.29. The number of ketones is 1. The minimum absolute atomic E-state index is 0.186. The Bertz CT molecular complexity index is 451. The van der Waals surface area contributed by atoms with Crippen LogP contribution in [0.1, 0.15) is 39.9 Å². The molecule has 0 aliphatic carbocycles. The number of hydrogen-bond acceptors (Lipinski definition) is 3. The minimum Gasteiger partial charge on any atom is -0.393 e. The fraction of sp³-hybridized carbons (Fsp3) is 0.562. The smallest absolute Gasteiger partial charge is 0.177 e. The number of rotatable bonds is 3. The Kier molecular flexibility index (Phi) is 4.38. The molecule has 19 heavy (non-hydrogen) atoms. The highest BCUT2D eigenvalue weighted by atomic mass is 16.3. The zero-order chi connectivity index (χ0) is 14.0. The summed E-state index contributed by atoms with van der Waals surface area (Å²) in [5, 5.41) is 9.49. The lowest BCUT2D eigenvalue weighted by molar-refractivity contribution is 0.0710. The molecule has 0 spiro atoms. The van der Waals surface area contributed by atoms with Crippen LogP contribution in [0.2, 0.25) is 0 Å². The van der Waals surface area contributed by atoms with E-state index in [-0.39, 0.29) is 11.9 Å². The summed E-state index contributed by atoms with van der Waals surface area (Å²) in [6, 6.07) is 4.14. The van der Waals surface area contributed by atoms with E-state index in [0.29, 0.717) is 6.54 Å². The number of aliphatic hydroxyl groups excluding tert-OH is 1. The van der Waals surface area contributed by atoms with Crippen LogP contribution in [0.4, 0.5) is 0 Å². The predicted molar refractivity (Wildman–Crippen MR) is 76.7 cm³/mol. The highest BCUT2D eigenvalue weighted by Crippen LogP contribution is 2.18. The van der Waals surface area contributed by atoms with Gasteiger partial charge in [-0.3, -0.25) is 9.69 Å². The third-order valence-corrected chi connectivity index (χ3v) is 3.88. The molecule has 1 saturated heterocycles. The molecule has 0 bridgehead atoms. The molecule has 0 radical (unpaired) electrons. The third kappa shape index (κ3) is 3.43. The van der Waals surface area contributed by atoms with Crippen LogP contribution in [0.25, 0.3) is 0 Å². The number of aryl methyl sites for hydroxylation is 3. The van der Waals surface area contributed by atoms with Gasteiger partial charge in [0.15, 0.2) is 5.78 Å². The molecule has 104 valence electrons. The van der Waals surface area contributed by atoms with Gasteiger partial charge in [-0.05, 0) is 44.7 Å². The van der Waals surface area contributed by atoms with Crippen LogP contribution in [-0.2, 0) is 0 Å². The number of nitrogens with zero attached hydrogens (tertiary/aromatic N) is 1. The Balaban J connectivity index is 2.08. The second-order valence-electron chi connectivity index (χ2n) is 5.70. The molecule has 0 amide bonds. The maximum atomic E-state index is 12.4. The Morgan fingerprint density at radius 1 is 1.21 bits per heavy atom. The monoisotopic (exact) mass is 261 g/mol. The molecule has 1 fully saturated rings. The van der Waals surface area contributed by atoms with E-state index in [9.17, 15) is 9.90 Å². The third-order valence-electron chi connectivity index (χ3n) is 3.88. The quantitative estimate of drug-likeness (QED) is 0.848. The van der Waals surface area contributed by atoms with Crippen molar-refractivity contribution in [2.45, 2.75) is 39.7 Å². The maximum Gasteiger partial charge on any atom is 0.177 e. The van der Waals surface area contributed by atoms with Gasteiger partial charge in [-0.2, -0.15) is 0 Å². The van der Waals surface area contributed by atoms with E-state index in [0.717, 1.165) is 42.6 Å². The number of piperidine rings is 1. The van der Waals surface area contributed by atoms with E-state index in [2.05, 4.69) is 24.0 Å². The van der Waals surface area contributed by atoms with Gasteiger partial charge in [-0.1, -0.05) is 17.7 Å². The fourth-order valence-corrected chi connectivity index (χ4v) is 2.98. The van der Waals surface area contributed by atoms with Crippen molar-refractivity contribution in [2.24, 2.45) is 0 Å². The molecule has 0 aromatic heterocycles. The standard InChI is InChI=1S/C16H23NO2/c1-11-8-12(2)16(13(3)9-11)15(19)10-17-6-4-14(18)5-7-17/h8-9,14,18H,4-7,10H2,1-3H3. The Morgan fingerprint density at radius 3 is 2.26 bits per heavy atom. The van der Waals surface area contributed by atoms with Crippen LogP contribution >= 0.6 is 0 Å². The maximum absolute atomic E-state index is 12.4. The van der Waals surface area contributed by atoms with E-state index in [4.69, 9.17) is 0 Å². The zero-order valence-corrected chi connectivity index (χ0v) is 12.1. The van der Waals surface area contributed by atoms with Gasteiger partial charge in [0.1, 0.15) is 0 Å². The lowest BCUT2D eigenvalue weighted by Crippen LogP contribution is -2.39. The number of benzene rings is 1. The summed E-state index contributed by atoms with van der Waals surface area (Å²) in [6.07, 6.45) is 1.37. The average molecular weight is 261 g/mol. The topological polar surface area (TPSA) is 40.5 Å². The van der Waals surface area contributed by atoms with Crippen LogP contribution < -0.4 is 0 Å². The van der Waals surface area contributed by atoms with E-state index in [1.165, 1.54) is 5.56 Å². The van der Waals surface area contributed by atoms with Gasteiger partial charge in [-0.15, -0.1) is 0 Å². The molecule has 1 aliphatic rings. The first-order chi connectivity index (χ1) is 8.97. The number of likely N-dealkylation sites (tertiary alicyclic amines) is 1. The van der Waals surface area contributed by atoms with Gasteiger partial charge in [0, 0.05) is 18.7 Å². The summed E-state index contributed by atoms with van der Waals surface area (Å²) < 4.78 is 0. The molecule has 0 unspecified atom stereocenters. The molecule has 1 aromatic rings. The van der Waals surface area contributed by atoms with Gasteiger partial charge in [0.05, 0.1) is 12.6 Å². The van der Waals surface area contributed by atoms with Crippen molar-refractivity contribution in [3.05, 3.63) is 34.4 Å². The molecule has 0 saturated carbocycles. The minimum atomic E-state index is -0.186. The predicted octanol–water partition coefficient (Wildman–Crippen LogP) is 2.25. The highest BCUT2D eigenvalue weighted by Gasteiger charge is 2.21. The first-order valence-corrected chi connectivity index (χ1v) is 6.99. The van der Waals surface area contributed by atoms with Crippen molar-refractivity contribution in [1.29, 1.82) is 0 Å². The van der Waals surface area contributed by atoms with Crippen molar-refractivity contribution in [2.75, 3.05) is 19.6 Å². The summed E-state index contributed by atoms with van der Waals surface area (Å²) >= 11 is 0. The van der Waals surface area contributed by atoms with Gasteiger partial charge >= 0.3 is 0 Å². The van der Waals surface area contributed by atoms with Gasteiger partial charge in [0.2, 0.25) is 0 Å². The number of aliphatic hydroxyl groups is 1. The first kappa shape index (κ1) is 14.2. The summed E-state index contributed by atoms with van der Waals surface area (Å²) in [4.78, 5) is 14.6. The lowest BCUT2D eigenvalue weighted by atomic mass is 9.96. The van der Waals surface area contributed by atoms with Gasteiger partial charge < -0.3 is 5.11 Å². The van der Waals surface area contributed by atoms with Crippen LogP contribution in [0.15, 0.2) is 12.1 Å². The van der Waals surface area contributed by atoms with E-state index in [1.54, 1.807) is 0 Å². The number of carbonyl (C=O) groups excluding carboxylic acids is 1. The van der Waals surface area contributed by atoms with E-state index >= 15 is 0 Å². The number of hydrogen-bond donors (Lipinski definition) is 1. The Labute approximate surface area is 115 Å². The van der Waals surface area contributed by atoms with Crippen molar-refractivity contribution in [3.63, 3.8) is 0 Å². The largest absolute Gasteiger partial charge is 0.393 e. The van der Waals surface area contributed by atoms with Crippen LogP contribution in [0.5, 0.6) is 0 Å². The molecule has 1 heterocycles. The summed E-state index contributed by atoms with van der Waals surface area (Å²) in [5.41, 5.74) is 4.21. The highest BCUT2D eigenvalue weighted by molar-refractivity contribution is 6.00. The molecule has 3 nitrogen and oxygen atoms in total. The zero-order valence-electron chi connectivity index (χ0n) is 12.1. The Hall–Kier alpha value is -1.19. The van der Waals surface area contributed by atoms with Crippen molar-refractivity contribution >= 4 is 5.78 Å². The molecule has 1 N–H and O–H groups in total. The average Bonchev–Trinajstić information content (AvgIpc) is 2.30. The molecular weight excluding hydrogens is 238 g/mol. The van der Waals surface area contributed by atoms with Crippen LogP contribution in [-0.4, -0.2) is 41.5 Å². The molecule has 0 atom stereocenters. The van der Waals surface area contributed by atoms with Crippen molar-refractivity contribution < 1.29 is 9.90 Å². The Morgan fingerprint density at radius 2 is 1.74 bits per heavy atom. The van der Waals surface area contributed by atoms with E-state index in [1.807, 2.05) is 13.8 Å².